The molecule has 3 aromatic rings. The third kappa shape index (κ3) is 4.91. The van der Waals surface area contributed by atoms with E-state index in [-0.39, 0.29) is 18.0 Å². The molecule has 0 atom stereocenters. The van der Waals surface area contributed by atoms with E-state index in [4.69, 9.17) is 0 Å². The minimum Gasteiger partial charge on any atom is -0.348 e. The van der Waals surface area contributed by atoms with Gasteiger partial charge in [0.25, 0.3) is 5.91 Å². The van der Waals surface area contributed by atoms with E-state index in [0.717, 1.165) is 18.2 Å². The molecule has 1 aliphatic rings. The van der Waals surface area contributed by atoms with Crippen LogP contribution in [0.5, 0.6) is 0 Å². The summed E-state index contributed by atoms with van der Waals surface area (Å²) in [7, 11) is 0. The first kappa shape index (κ1) is 24.0. The minimum absolute atomic E-state index is 0.144. The summed E-state index contributed by atoms with van der Waals surface area (Å²) >= 11 is 0. The van der Waals surface area contributed by atoms with Gasteiger partial charge in [0.15, 0.2) is 0 Å². The lowest BCUT2D eigenvalue weighted by Gasteiger charge is -2.17. The van der Waals surface area contributed by atoms with Crippen molar-refractivity contribution in [3.8, 4) is 11.1 Å². The van der Waals surface area contributed by atoms with Crippen molar-refractivity contribution in [1.82, 2.24) is 5.32 Å². The number of carbonyl (C=O) groups is 2. The summed E-state index contributed by atoms with van der Waals surface area (Å²) in [5.74, 6) is -1.91. The van der Waals surface area contributed by atoms with Crippen LogP contribution in [-0.4, -0.2) is 11.9 Å². The van der Waals surface area contributed by atoms with Crippen molar-refractivity contribution in [1.29, 1.82) is 0 Å². The van der Waals surface area contributed by atoms with Crippen molar-refractivity contribution in [2.75, 3.05) is 10.6 Å². The van der Waals surface area contributed by atoms with Crippen LogP contribution in [-0.2, 0) is 18.9 Å². The highest BCUT2D eigenvalue weighted by molar-refractivity contribution is 6.02. The molecule has 0 aliphatic carbocycles. The van der Waals surface area contributed by atoms with Crippen molar-refractivity contribution >= 4 is 23.3 Å². The third-order valence-corrected chi connectivity index (χ3v) is 5.26. The summed E-state index contributed by atoms with van der Waals surface area (Å²) in [6.45, 7) is 0.145. The highest BCUT2D eigenvalue weighted by Gasteiger charge is 2.36. The van der Waals surface area contributed by atoms with E-state index in [0.29, 0.717) is 28.8 Å². The first-order valence-corrected chi connectivity index (χ1v) is 9.91. The molecule has 0 spiro atoms. The average molecular weight is 497 g/mol. The van der Waals surface area contributed by atoms with Crippen molar-refractivity contribution in [2.24, 2.45) is 0 Å². The van der Waals surface area contributed by atoms with Crippen LogP contribution < -0.4 is 16.0 Å². The van der Waals surface area contributed by atoms with Crippen molar-refractivity contribution < 1.29 is 40.3 Å². The molecule has 0 saturated carbocycles. The number of alkyl halides is 6. The number of hydrogen-bond donors (Lipinski definition) is 3. The van der Waals surface area contributed by atoms with Gasteiger partial charge in [0.1, 0.15) is 5.82 Å². The van der Waals surface area contributed by atoms with E-state index in [2.05, 4.69) is 5.32 Å². The van der Waals surface area contributed by atoms with E-state index >= 15 is 0 Å². The second kappa shape index (κ2) is 8.60. The molecule has 0 aromatic heterocycles. The number of hydrogen-bond acceptors (Lipinski definition) is 2. The molecule has 0 bridgehead atoms. The molecule has 0 fully saturated rings. The molecule has 5 nitrogen and oxygen atoms in total. The van der Waals surface area contributed by atoms with Gasteiger partial charge in [-0.1, -0.05) is 18.2 Å². The molecule has 4 rings (SSSR count). The molecule has 3 aromatic carbocycles. The monoisotopic (exact) mass is 497 g/mol. The van der Waals surface area contributed by atoms with Crippen molar-refractivity contribution in [3.05, 3.63) is 82.7 Å². The molecule has 0 radical (unpaired) electrons. The highest BCUT2D eigenvalue weighted by atomic mass is 19.4. The van der Waals surface area contributed by atoms with Crippen LogP contribution in [0.1, 0.15) is 27.0 Å². The maximum absolute atomic E-state index is 13.8. The summed E-state index contributed by atoms with van der Waals surface area (Å²) in [6, 6.07) is 8.11. The van der Waals surface area contributed by atoms with Gasteiger partial charge in [-0.2, -0.15) is 26.3 Å². The number of urea groups is 1. The van der Waals surface area contributed by atoms with Crippen molar-refractivity contribution in [3.63, 3.8) is 0 Å². The van der Waals surface area contributed by atoms with Crippen LogP contribution in [0.2, 0.25) is 0 Å². The molecule has 12 heteroatoms. The Balaban J connectivity index is 1.63. The number of fused-ring (bicyclic) bond motifs is 1. The molecule has 1 aliphatic heterocycles. The molecule has 0 saturated heterocycles. The first-order valence-electron chi connectivity index (χ1n) is 9.91. The Morgan fingerprint density at radius 1 is 0.829 bits per heavy atom. The summed E-state index contributed by atoms with van der Waals surface area (Å²) in [6.07, 6.45) is -9.93. The van der Waals surface area contributed by atoms with E-state index < -0.39 is 46.7 Å². The Labute approximate surface area is 192 Å². The van der Waals surface area contributed by atoms with E-state index in [1.54, 1.807) is 12.1 Å². The number of benzene rings is 3. The Morgan fingerprint density at radius 3 is 2.20 bits per heavy atom. The minimum atomic E-state index is -5.03. The molecule has 182 valence electrons. The van der Waals surface area contributed by atoms with Gasteiger partial charge in [0.2, 0.25) is 0 Å². The number of rotatable bonds is 3. The Hall–Kier alpha value is -4.09. The fourth-order valence-electron chi connectivity index (χ4n) is 3.68. The number of nitrogens with one attached hydrogen (secondary N) is 3. The number of anilines is 2. The van der Waals surface area contributed by atoms with E-state index in [9.17, 15) is 40.3 Å². The smallest absolute Gasteiger partial charge is 0.348 e. The fourth-order valence-corrected chi connectivity index (χ4v) is 3.68. The van der Waals surface area contributed by atoms with Gasteiger partial charge in [-0.3, -0.25) is 4.79 Å². The normalized spacial score (nSPS) is 13.3. The quantitative estimate of drug-likeness (QED) is 0.366. The maximum atomic E-state index is 13.8. The zero-order valence-corrected chi connectivity index (χ0v) is 17.4. The van der Waals surface area contributed by atoms with Crippen LogP contribution in [0, 0.1) is 5.82 Å². The zero-order valence-electron chi connectivity index (χ0n) is 17.4. The second-order valence-corrected chi connectivity index (χ2v) is 7.54. The predicted molar refractivity (Wildman–Crippen MR) is 112 cm³/mol. The summed E-state index contributed by atoms with van der Waals surface area (Å²) in [4.78, 5) is 24.1. The van der Waals surface area contributed by atoms with Crippen molar-refractivity contribution in [2.45, 2.75) is 18.9 Å². The highest BCUT2D eigenvalue weighted by Crippen LogP contribution is 2.39. The van der Waals surface area contributed by atoms with E-state index in [1.165, 1.54) is 12.1 Å². The van der Waals surface area contributed by atoms with Crippen LogP contribution >= 0.6 is 0 Å². The summed E-state index contributed by atoms with van der Waals surface area (Å²) in [5.41, 5.74) is -2.57. The lowest BCUT2D eigenvalue weighted by Crippen LogP contribution is -2.22. The zero-order chi connectivity index (χ0) is 25.5. The van der Waals surface area contributed by atoms with Gasteiger partial charge in [0.05, 0.1) is 16.8 Å². The van der Waals surface area contributed by atoms with Gasteiger partial charge in [-0.05, 0) is 53.1 Å². The average Bonchev–Trinajstić information content (AvgIpc) is 3.15. The summed E-state index contributed by atoms with van der Waals surface area (Å²) < 4.78 is 93.4. The Bertz CT molecular complexity index is 1330. The number of halogens is 7. The largest absolute Gasteiger partial charge is 0.419 e. The van der Waals surface area contributed by atoms with Gasteiger partial charge >= 0.3 is 18.4 Å². The molecular formula is C23H14F7N3O2. The predicted octanol–water partition coefficient (Wildman–Crippen LogP) is 6.42. The second-order valence-electron chi connectivity index (χ2n) is 7.54. The van der Waals surface area contributed by atoms with Crippen LogP contribution in [0.3, 0.4) is 0 Å². The topological polar surface area (TPSA) is 70.2 Å². The molecule has 3 N–H and O–H groups in total. The van der Waals surface area contributed by atoms with Gasteiger partial charge in [-0.15, -0.1) is 0 Å². The molecular weight excluding hydrogens is 483 g/mol. The molecule has 3 amide bonds. The molecule has 35 heavy (non-hydrogen) atoms. The third-order valence-electron chi connectivity index (χ3n) is 5.26. The lowest BCUT2D eigenvalue weighted by molar-refractivity contribution is -0.140. The number of carbonyl (C=O) groups excluding carboxylic acids is 2. The first-order chi connectivity index (χ1) is 16.3. The summed E-state index contributed by atoms with van der Waals surface area (Å²) in [5, 5.41) is 6.53. The molecule has 1 heterocycles. The number of amides is 3. The van der Waals surface area contributed by atoms with E-state index in [1.807, 2.05) is 10.6 Å². The fraction of sp³-hybridized carbons (Fsp3) is 0.130. The molecule has 0 unspecified atom stereocenters. The Morgan fingerprint density at radius 2 is 1.51 bits per heavy atom. The van der Waals surface area contributed by atoms with Crippen LogP contribution in [0.25, 0.3) is 11.1 Å². The van der Waals surface area contributed by atoms with Crippen LogP contribution in [0.4, 0.5) is 46.9 Å². The van der Waals surface area contributed by atoms with Gasteiger partial charge in [0, 0.05) is 17.8 Å². The van der Waals surface area contributed by atoms with Gasteiger partial charge < -0.3 is 16.0 Å². The maximum Gasteiger partial charge on any atom is 0.419 e. The standard InChI is InChI=1S/C23H14F7N3O2/c24-18-6-5-12(9-16(18)22(25,26)27)32-21(35)33-19-7-4-11(8-17(19)23(28,29)30)13-2-1-3-14-15(13)10-31-20(14)34/h1-9H,10H2,(H,31,34)(H2,32,33,35). The SMILES string of the molecule is O=C(Nc1ccc(F)c(C(F)(F)F)c1)Nc1ccc(-c2cccc3c2CNC3=O)cc1C(F)(F)F. The van der Waals surface area contributed by atoms with Gasteiger partial charge in [-0.25, -0.2) is 9.18 Å². The van der Waals surface area contributed by atoms with Crippen LogP contribution in [0.15, 0.2) is 54.6 Å². The Kier molecular flexibility index (Phi) is 5.91. The lowest BCUT2D eigenvalue weighted by atomic mass is 9.95.